The molecule has 1 aromatic heterocycles. The summed E-state index contributed by atoms with van der Waals surface area (Å²) in [5.41, 5.74) is 8.60. The molecule has 2 N–H and O–H groups in total. The number of hydrogen-bond donors (Lipinski definition) is 1. The molecule has 2 heteroatoms. The Labute approximate surface area is 98.3 Å². The molecule has 1 fully saturated rings. The molecule has 88 valence electrons. The van der Waals surface area contributed by atoms with Gasteiger partial charge in [0.1, 0.15) is 0 Å². The van der Waals surface area contributed by atoms with Crippen LogP contribution in [-0.4, -0.2) is 4.98 Å². The van der Waals surface area contributed by atoms with Crippen molar-refractivity contribution in [2.24, 2.45) is 11.7 Å². The molecule has 0 bridgehead atoms. The number of nitrogens with two attached hydrogens (primary N) is 1. The molecule has 16 heavy (non-hydrogen) atoms. The molecular formula is C14H22N2. The van der Waals surface area contributed by atoms with Gasteiger partial charge in [-0.2, -0.15) is 0 Å². The zero-order chi connectivity index (χ0) is 11.4. The second-order valence-corrected chi connectivity index (χ2v) is 5.13. The van der Waals surface area contributed by atoms with E-state index in [4.69, 9.17) is 5.73 Å². The quantitative estimate of drug-likeness (QED) is 0.841. The van der Waals surface area contributed by atoms with E-state index in [2.05, 4.69) is 18.0 Å². The molecule has 2 nitrogen and oxygen atoms in total. The molecule has 0 aliphatic heterocycles. The van der Waals surface area contributed by atoms with Crippen LogP contribution in [0.5, 0.6) is 0 Å². The normalized spacial score (nSPS) is 18.9. The highest BCUT2D eigenvalue weighted by molar-refractivity contribution is 5.19. The highest BCUT2D eigenvalue weighted by Gasteiger charge is 2.16. The van der Waals surface area contributed by atoms with Crippen LogP contribution in [0.15, 0.2) is 18.5 Å². The smallest absolute Gasteiger partial charge is 0.0315 e. The third-order valence-corrected chi connectivity index (χ3v) is 3.68. The predicted molar refractivity (Wildman–Crippen MR) is 67.1 cm³/mol. The second kappa shape index (κ2) is 5.44. The van der Waals surface area contributed by atoms with Crippen LogP contribution in [0.4, 0.5) is 0 Å². The van der Waals surface area contributed by atoms with E-state index >= 15 is 0 Å². The fourth-order valence-electron chi connectivity index (χ4n) is 2.66. The van der Waals surface area contributed by atoms with E-state index < -0.39 is 0 Å². The second-order valence-electron chi connectivity index (χ2n) is 5.13. The molecule has 0 spiro atoms. The molecule has 0 saturated heterocycles. The molecule has 2 rings (SSSR count). The lowest BCUT2D eigenvalue weighted by Crippen LogP contribution is -2.12. The van der Waals surface area contributed by atoms with Crippen LogP contribution in [0.25, 0.3) is 0 Å². The van der Waals surface area contributed by atoms with Crippen molar-refractivity contribution in [3.05, 3.63) is 29.6 Å². The summed E-state index contributed by atoms with van der Waals surface area (Å²) in [5, 5.41) is 0. The van der Waals surface area contributed by atoms with Gasteiger partial charge in [0, 0.05) is 18.4 Å². The van der Waals surface area contributed by atoms with Gasteiger partial charge >= 0.3 is 0 Å². The van der Waals surface area contributed by atoms with Gasteiger partial charge in [-0.25, -0.2) is 0 Å². The Morgan fingerprint density at radius 1 is 1.38 bits per heavy atom. The topological polar surface area (TPSA) is 38.9 Å². The van der Waals surface area contributed by atoms with Gasteiger partial charge in [0.25, 0.3) is 0 Å². The first-order chi connectivity index (χ1) is 7.75. The van der Waals surface area contributed by atoms with Crippen molar-refractivity contribution in [3.63, 3.8) is 0 Å². The number of aromatic nitrogens is 1. The van der Waals surface area contributed by atoms with Crippen LogP contribution in [0.3, 0.4) is 0 Å². The number of rotatable bonds is 4. The molecule has 0 amide bonds. The highest BCUT2D eigenvalue weighted by Crippen LogP contribution is 2.30. The predicted octanol–water partition coefficient (Wildman–Crippen LogP) is 3.36. The average Bonchev–Trinajstić information content (AvgIpc) is 2.78. The largest absolute Gasteiger partial charge is 0.324 e. The summed E-state index contributed by atoms with van der Waals surface area (Å²) in [6, 6.07) is 2.33. The van der Waals surface area contributed by atoms with Gasteiger partial charge in [-0.05, 0) is 36.8 Å². The van der Waals surface area contributed by atoms with E-state index in [0.29, 0.717) is 0 Å². The Balaban J connectivity index is 1.85. The number of aryl methyl sites for hydroxylation is 1. The summed E-state index contributed by atoms with van der Waals surface area (Å²) in [4.78, 5) is 4.21. The molecule has 1 aliphatic rings. The lowest BCUT2D eigenvalue weighted by molar-refractivity contribution is 0.453. The maximum Gasteiger partial charge on any atom is 0.0315 e. The van der Waals surface area contributed by atoms with Crippen LogP contribution in [0.2, 0.25) is 0 Å². The Morgan fingerprint density at radius 3 is 2.81 bits per heavy atom. The summed E-state index contributed by atoms with van der Waals surface area (Å²) >= 11 is 0. The van der Waals surface area contributed by atoms with Crippen molar-refractivity contribution < 1.29 is 0 Å². The molecule has 1 atom stereocenters. The highest BCUT2D eigenvalue weighted by atomic mass is 14.7. The minimum absolute atomic E-state index is 0.174. The van der Waals surface area contributed by atoms with Gasteiger partial charge in [-0.3, -0.25) is 4.98 Å². The van der Waals surface area contributed by atoms with E-state index in [1.807, 2.05) is 12.4 Å². The van der Waals surface area contributed by atoms with Gasteiger partial charge < -0.3 is 5.73 Å². The van der Waals surface area contributed by atoms with Crippen LogP contribution in [0, 0.1) is 12.8 Å². The lowest BCUT2D eigenvalue weighted by Gasteiger charge is -2.15. The average molecular weight is 218 g/mol. The van der Waals surface area contributed by atoms with Crippen molar-refractivity contribution in [2.45, 2.75) is 51.5 Å². The summed E-state index contributed by atoms with van der Waals surface area (Å²) in [6.07, 6.45) is 11.9. The summed E-state index contributed by atoms with van der Waals surface area (Å²) in [5.74, 6) is 0.934. The first-order valence-corrected chi connectivity index (χ1v) is 6.43. The Bertz CT molecular complexity index is 329. The number of hydrogen-bond acceptors (Lipinski definition) is 2. The Morgan fingerprint density at radius 2 is 2.12 bits per heavy atom. The molecule has 1 aliphatic carbocycles. The summed E-state index contributed by atoms with van der Waals surface area (Å²) < 4.78 is 0. The van der Waals surface area contributed by atoms with Crippen molar-refractivity contribution in [1.82, 2.24) is 4.98 Å². The lowest BCUT2D eigenvalue weighted by atomic mass is 9.96. The molecule has 1 saturated carbocycles. The van der Waals surface area contributed by atoms with E-state index in [0.717, 1.165) is 12.3 Å². The molecule has 0 radical (unpaired) electrons. The van der Waals surface area contributed by atoms with E-state index in [-0.39, 0.29) is 6.04 Å². The maximum absolute atomic E-state index is 6.20. The van der Waals surface area contributed by atoms with Gasteiger partial charge in [0.15, 0.2) is 0 Å². The van der Waals surface area contributed by atoms with Crippen molar-refractivity contribution in [1.29, 1.82) is 0 Å². The summed E-state index contributed by atoms with van der Waals surface area (Å²) in [7, 11) is 0. The van der Waals surface area contributed by atoms with E-state index in [1.165, 1.54) is 43.2 Å². The zero-order valence-corrected chi connectivity index (χ0v) is 10.2. The molecule has 1 heterocycles. The van der Waals surface area contributed by atoms with Crippen LogP contribution >= 0.6 is 0 Å². The third-order valence-electron chi connectivity index (χ3n) is 3.68. The van der Waals surface area contributed by atoms with Crippen LogP contribution in [0.1, 0.15) is 55.7 Å². The molecule has 1 aromatic rings. The zero-order valence-electron chi connectivity index (χ0n) is 10.2. The number of pyridine rings is 1. The molecular weight excluding hydrogens is 196 g/mol. The SMILES string of the molecule is Cc1cncc(C(N)CCC2CCCC2)c1. The summed E-state index contributed by atoms with van der Waals surface area (Å²) in [6.45, 7) is 2.07. The van der Waals surface area contributed by atoms with E-state index in [9.17, 15) is 0 Å². The fourth-order valence-corrected chi connectivity index (χ4v) is 2.66. The first-order valence-electron chi connectivity index (χ1n) is 6.43. The van der Waals surface area contributed by atoms with E-state index in [1.54, 1.807) is 0 Å². The third kappa shape index (κ3) is 3.05. The van der Waals surface area contributed by atoms with Gasteiger partial charge in [-0.1, -0.05) is 31.7 Å². The van der Waals surface area contributed by atoms with Crippen molar-refractivity contribution in [2.75, 3.05) is 0 Å². The minimum atomic E-state index is 0.174. The molecule has 0 aromatic carbocycles. The monoisotopic (exact) mass is 218 g/mol. The Hall–Kier alpha value is -0.890. The van der Waals surface area contributed by atoms with Crippen molar-refractivity contribution in [3.8, 4) is 0 Å². The van der Waals surface area contributed by atoms with Crippen LogP contribution < -0.4 is 5.73 Å². The van der Waals surface area contributed by atoms with Gasteiger partial charge in [0.05, 0.1) is 0 Å². The fraction of sp³-hybridized carbons (Fsp3) is 0.643. The Kier molecular flexibility index (Phi) is 3.94. The van der Waals surface area contributed by atoms with Crippen LogP contribution in [-0.2, 0) is 0 Å². The van der Waals surface area contributed by atoms with Gasteiger partial charge in [-0.15, -0.1) is 0 Å². The standard InChI is InChI=1S/C14H22N2/c1-11-8-13(10-16-9-11)14(15)7-6-12-4-2-3-5-12/h8-10,12,14H,2-7,15H2,1H3. The maximum atomic E-state index is 6.20. The minimum Gasteiger partial charge on any atom is -0.324 e. The van der Waals surface area contributed by atoms with Crippen molar-refractivity contribution >= 4 is 0 Å². The van der Waals surface area contributed by atoms with Gasteiger partial charge in [0.2, 0.25) is 0 Å². The molecule has 1 unspecified atom stereocenters. The number of nitrogens with zero attached hydrogens (tertiary/aromatic N) is 1. The first kappa shape index (κ1) is 11.6.